The van der Waals surface area contributed by atoms with Crippen LogP contribution in [0.2, 0.25) is 0 Å². The first-order valence-corrected chi connectivity index (χ1v) is 12.9. The smallest absolute Gasteiger partial charge is 0.278 e. The highest BCUT2D eigenvalue weighted by Crippen LogP contribution is 2.55. The van der Waals surface area contributed by atoms with Crippen LogP contribution in [0.25, 0.3) is 10.2 Å². The van der Waals surface area contributed by atoms with Crippen molar-refractivity contribution in [2.24, 2.45) is 17.8 Å². The first kappa shape index (κ1) is 19.2. The number of piperidine rings is 1. The number of thiazole rings is 1. The molecule has 2 heterocycles. The Balaban J connectivity index is 1.08. The monoisotopic (exact) mass is 424 g/mol. The molecule has 0 unspecified atom stereocenters. The molecule has 5 heteroatoms. The number of quaternary nitrogens is 1. The third-order valence-corrected chi connectivity index (χ3v) is 9.92. The van der Waals surface area contributed by atoms with Crippen LogP contribution in [0.3, 0.4) is 0 Å². The lowest BCUT2D eigenvalue weighted by molar-refractivity contribution is -0.919. The Kier molecular flexibility index (Phi) is 4.68. The molecule has 0 spiro atoms. The summed E-state index contributed by atoms with van der Waals surface area (Å²) in [6.07, 6.45) is 10.3. The fraction of sp³-hybridized carbons (Fsp3) is 0.680. The van der Waals surface area contributed by atoms with Crippen LogP contribution in [0.1, 0.15) is 69.2 Å². The van der Waals surface area contributed by atoms with Gasteiger partial charge in [-0.25, -0.2) is 4.98 Å². The molecule has 0 radical (unpaired) electrons. The van der Waals surface area contributed by atoms with Crippen molar-refractivity contribution in [2.45, 2.75) is 75.8 Å². The summed E-state index contributed by atoms with van der Waals surface area (Å²) in [5.41, 5.74) is 1.27. The Hall–Kier alpha value is -1.46. The maximum absolute atomic E-state index is 13.3. The molecule has 4 nitrogen and oxygen atoms in total. The Labute approximate surface area is 183 Å². The lowest BCUT2D eigenvalue weighted by Crippen LogP contribution is -3.17. The van der Waals surface area contributed by atoms with Gasteiger partial charge in [-0.2, -0.15) is 0 Å². The quantitative estimate of drug-likeness (QED) is 0.789. The van der Waals surface area contributed by atoms with E-state index < -0.39 is 0 Å². The SMILES string of the molecule is C[C@H](C(=O)NC12CC3CC(CC(C3)C1)C2)[NH+]1CCC(c2nc3ccccc3s2)CC1. The van der Waals surface area contributed by atoms with Gasteiger partial charge >= 0.3 is 0 Å². The van der Waals surface area contributed by atoms with Crippen LogP contribution in [-0.2, 0) is 4.79 Å². The molecule has 1 aliphatic heterocycles. The van der Waals surface area contributed by atoms with Crippen LogP contribution >= 0.6 is 11.3 Å². The van der Waals surface area contributed by atoms with Crippen molar-refractivity contribution in [1.29, 1.82) is 0 Å². The van der Waals surface area contributed by atoms with E-state index in [1.165, 1.54) is 53.1 Å². The van der Waals surface area contributed by atoms with Gasteiger partial charge in [-0.3, -0.25) is 4.79 Å². The molecule has 2 N–H and O–H groups in total. The zero-order valence-corrected chi connectivity index (χ0v) is 18.8. The topological polar surface area (TPSA) is 46.4 Å². The number of likely N-dealkylation sites (tertiary alicyclic amines) is 1. The molecule has 4 saturated carbocycles. The Morgan fingerprint density at radius 3 is 2.37 bits per heavy atom. The standard InChI is InChI=1S/C25H33N3OS/c1-16(23(29)27-25-13-17-10-18(14-25)12-19(11-17)15-25)28-8-6-20(7-9-28)24-26-21-4-2-3-5-22(21)30-24/h2-5,16-20H,6-15H2,1H3,(H,27,29)/p+1/t16-,17?,18?,19?,25?/m1/s1. The minimum Gasteiger partial charge on any atom is -0.345 e. The van der Waals surface area contributed by atoms with Crippen LogP contribution in [0.5, 0.6) is 0 Å². The average molecular weight is 425 g/mol. The van der Waals surface area contributed by atoms with E-state index in [0.717, 1.165) is 49.2 Å². The minimum absolute atomic E-state index is 0.0642. The first-order valence-electron chi connectivity index (χ1n) is 12.1. The third kappa shape index (κ3) is 3.38. The first-order chi connectivity index (χ1) is 14.6. The molecule has 1 aromatic carbocycles. The number of fused-ring (bicyclic) bond motifs is 1. The molecule has 1 atom stereocenters. The molecular weight excluding hydrogens is 390 g/mol. The second-order valence-corrected chi connectivity index (χ2v) is 11.9. The molecular formula is C25H34N3OS+. The van der Waals surface area contributed by atoms with E-state index in [1.54, 1.807) is 0 Å². The highest BCUT2D eigenvalue weighted by Gasteiger charge is 2.52. The summed E-state index contributed by atoms with van der Waals surface area (Å²) >= 11 is 1.86. The summed E-state index contributed by atoms with van der Waals surface area (Å²) in [7, 11) is 0. The van der Waals surface area contributed by atoms with Gasteiger partial charge in [0.2, 0.25) is 0 Å². The average Bonchev–Trinajstić information content (AvgIpc) is 3.16. The molecule has 5 aliphatic rings. The summed E-state index contributed by atoms with van der Waals surface area (Å²) in [6, 6.07) is 8.53. The van der Waals surface area contributed by atoms with Crippen molar-refractivity contribution in [3.63, 3.8) is 0 Å². The molecule has 4 bridgehead atoms. The van der Waals surface area contributed by atoms with E-state index in [2.05, 4.69) is 36.5 Å². The number of hydrogen-bond acceptors (Lipinski definition) is 3. The number of amides is 1. The van der Waals surface area contributed by atoms with Crippen molar-refractivity contribution in [3.8, 4) is 0 Å². The molecule has 4 aliphatic carbocycles. The summed E-state index contributed by atoms with van der Waals surface area (Å²) < 4.78 is 1.30. The van der Waals surface area contributed by atoms with E-state index in [9.17, 15) is 4.79 Å². The van der Waals surface area contributed by atoms with Crippen molar-refractivity contribution in [1.82, 2.24) is 10.3 Å². The van der Waals surface area contributed by atoms with E-state index in [1.807, 2.05) is 11.3 Å². The molecule has 1 saturated heterocycles. The lowest BCUT2D eigenvalue weighted by Gasteiger charge is -2.57. The zero-order chi connectivity index (χ0) is 20.3. The third-order valence-electron chi connectivity index (χ3n) is 8.72. The molecule has 5 fully saturated rings. The number of benzene rings is 1. The van der Waals surface area contributed by atoms with Crippen LogP contribution < -0.4 is 10.2 Å². The van der Waals surface area contributed by atoms with Gasteiger partial charge in [-0.1, -0.05) is 12.1 Å². The van der Waals surface area contributed by atoms with Crippen molar-refractivity contribution < 1.29 is 9.69 Å². The normalized spacial score (nSPS) is 38.6. The summed E-state index contributed by atoms with van der Waals surface area (Å²) in [4.78, 5) is 19.6. The Bertz CT molecular complexity index is 876. The van der Waals surface area contributed by atoms with Crippen molar-refractivity contribution >= 4 is 27.5 Å². The number of rotatable bonds is 4. The van der Waals surface area contributed by atoms with Gasteiger partial charge in [0.05, 0.1) is 28.3 Å². The Morgan fingerprint density at radius 1 is 1.10 bits per heavy atom. The molecule has 7 rings (SSSR count). The summed E-state index contributed by atoms with van der Waals surface area (Å²) in [5.74, 6) is 3.51. The van der Waals surface area contributed by atoms with Crippen LogP contribution in [0.4, 0.5) is 0 Å². The predicted octanol–water partition coefficient (Wildman–Crippen LogP) is 3.53. The zero-order valence-electron chi connectivity index (χ0n) is 18.0. The lowest BCUT2D eigenvalue weighted by atomic mass is 9.53. The number of carbonyl (C=O) groups is 1. The van der Waals surface area contributed by atoms with Gasteiger partial charge in [-0.15, -0.1) is 11.3 Å². The van der Waals surface area contributed by atoms with Gasteiger partial charge in [-0.05, 0) is 75.3 Å². The summed E-state index contributed by atoms with van der Waals surface area (Å²) in [5, 5.41) is 4.90. The number of carbonyl (C=O) groups excluding carboxylic acids is 1. The molecule has 30 heavy (non-hydrogen) atoms. The highest BCUT2D eigenvalue weighted by molar-refractivity contribution is 7.18. The summed E-state index contributed by atoms with van der Waals surface area (Å²) in [6.45, 7) is 4.31. The molecule has 1 amide bonds. The maximum atomic E-state index is 13.3. The van der Waals surface area contributed by atoms with Gasteiger partial charge < -0.3 is 10.2 Å². The number of aromatic nitrogens is 1. The molecule has 2 aromatic rings. The van der Waals surface area contributed by atoms with Crippen molar-refractivity contribution in [3.05, 3.63) is 29.3 Å². The van der Waals surface area contributed by atoms with E-state index in [0.29, 0.717) is 11.8 Å². The van der Waals surface area contributed by atoms with E-state index >= 15 is 0 Å². The Morgan fingerprint density at radius 2 is 1.73 bits per heavy atom. The van der Waals surface area contributed by atoms with E-state index in [4.69, 9.17) is 4.98 Å². The minimum atomic E-state index is 0.0642. The predicted molar refractivity (Wildman–Crippen MR) is 121 cm³/mol. The van der Waals surface area contributed by atoms with Crippen molar-refractivity contribution in [2.75, 3.05) is 13.1 Å². The fourth-order valence-electron chi connectivity index (χ4n) is 7.55. The fourth-order valence-corrected chi connectivity index (χ4v) is 8.69. The number of nitrogens with one attached hydrogen (secondary N) is 2. The largest absolute Gasteiger partial charge is 0.345 e. The van der Waals surface area contributed by atoms with Crippen LogP contribution in [0.15, 0.2) is 24.3 Å². The second kappa shape index (κ2) is 7.30. The highest BCUT2D eigenvalue weighted by atomic mass is 32.1. The second-order valence-electron chi connectivity index (χ2n) is 10.9. The number of para-hydroxylation sites is 1. The van der Waals surface area contributed by atoms with E-state index in [-0.39, 0.29) is 11.6 Å². The number of nitrogens with zero attached hydrogens (tertiary/aromatic N) is 1. The maximum Gasteiger partial charge on any atom is 0.278 e. The van der Waals surface area contributed by atoms with Gasteiger partial charge in [0.1, 0.15) is 0 Å². The van der Waals surface area contributed by atoms with Gasteiger partial charge in [0.25, 0.3) is 5.91 Å². The molecule has 160 valence electrons. The van der Waals surface area contributed by atoms with Gasteiger partial charge in [0.15, 0.2) is 6.04 Å². The van der Waals surface area contributed by atoms with Crippen LogP contribution in [0, 0.1) is 17.8 Å². The molecule has 1 aromatic heterocycles. The van der Waals surface area contributed by atoms with Crippen LogP contribution in [-0.4, -0.2) is 35.6 Å². The number of hydrogen-bond donors (Lipinski definition) is 2. The van der Waals surface area contributed by atoms with Gasteiger partial charge in [0, 0.05) is 24.3 Å².